The summed E-state index contributed by atoms with van der Waals surface area (Å²) in [4.78, 5) is 16.7. The Bertz CT molecular complexity index is 848. The summed E-state index contributed by atoms with van der Waals surface area (Å²) in [6.45, 7) is 5.64. The molecule has 3 rings (SSSR count). The second-order valence-corrected chi connectivity index (χ2v) is 5.48. The average Bonchev–Trinajstić information content (AvgIpc) is 2.87. The van der Waals surface area contributed by atoms with Gasteiger partial charge in [-0.3, -0.25) is 4.79 Å². The Labute approximate surface area is 135 Å². The van der Waals surface area contributed by atoms with Crippen molar-refractivity contribution in [3.05, 3.63) is 71.3 Å². The number of hydrogen-bond donors (Lipinski definition) is 1. The topological polar surface area (TPSA) is 55.1 Å². The van der Waals surface area contributed by atoms with Crippen LogP contribution in [0.25, 0.3) is 11.3 Å². The minimum Gasteiger partial charge on any atom is -0.446 e. The van der Waals surface area contributed by atoms with E-state index in [-0.39, 0.29) is 5.91 Å². The van der Waals surface area contributed by atoms with Crippen molar-refractivity contribution in [2.45, 2.75) is 20.8 Å². The van der Waals surface area contributed by atoms with Gasteiger partial charge in [0.2, 0.25) is 0 Å². The number of carbonyl (C=O) groups is 1. The van der Waals surface area contributed by atoms with Crippen molar-refractivity contribution in [3.63, 3.8) is 0 Å². The highest BCUT2D eigenvalue weighted by atomic mass is 16.4. The smallest absolute Gasteiger partial charge is 0.255 e. The third-order valence-electron chi connectivity index (χ3n) is 3.71. The number of benzene rings is 2. The fraction of sp³-hybridized carbons (Fsp3) is 0.158. The molecule has 0 atom stereocenters. The summed E-state index contributed by atoms with van der Waals surface area (Å²) in [6.07, 6.45) is 0. The molecule has 1 N–H and O–H groups in total. The molecule has 0 unspecified atom stereocenters. The zero-order valence-corrected chi connectivity index (χ0v) is 13.4. The van der Waals surface area contributed by atoms with Gasteiger partial charge in [0, 0.05) is 23.7 Å². The first-order chi connectivity index (χ1) is 11.0. The van der Waals surface area contributed by atoms with E-state index in [1.54, 1.807) is 0 Å². The number of carbonyl (C=O) groups excluding carboxylic acids is 1. The second-order valence-electron chi connectivity index (χ2n) is 5.48. The van der Waals surface area contributed by atoms with E-state index in [2.05, 4.69) is 10.3 Å². The highest BCUT2D eigenvalue weighted by molar-refractivity contribution is 6.05. The maximum Gasteiger partial charge on any atom is 0.255 e. The zero-order chi connectivity index (χ0) is 16.4. The van der Waals surface area contributed by atoms with Crippen molar-refractivity contribution in [3.8, 4) is 11.3 Å². The molecule has 2 aromatic carbocycles. The van der Waals surface area contributed by atoms with E-state index in [4.69, 9.17) is 4.42 Å². The van der Waals surface area contributed by atoms with Crippen LogP contribution in [0, 0.1) is 20.8 Å². The van der Waals surface area contributed by atoms with Crippen LogP contribution in [0.1, 0.15) is 27.6 Å². The summed E-state index contributed by atoms with van der Waals surface area (Å²) in [5.41, 5.74) is 4.18. The summed E-state index contributed by atoms with van der Waals surface area (Å²) in [5, 5.41) is 2.91. The lowest BCUT2D eigenvalue weighted by molar-refractivity contribution is 0.102. The number of anilines is 1. The van der Waals surface area contributed by atoms with Crippen molar-refractivity contribution in [1.29, 1.82) is 0 Å². The summed E-state index contributed by atoms with van der Waals surface area (Å²) in [6, 6.07) is 15.1. The van der Waals surface area contributed by atoms with Crippen LogP contribution in [0.2, 0.25) is 0 Å². The predicted octanol–water partition coefficient (Wildman–Crippen LogP) is 4.52. The van der Waals surface area contributed by atoms with Gasteiger partial charge in [0.05, 0.1) is 0 Å². The minimum absolute atomic E-state index is 0.107. The SMILES string of the molecule is Cc1nc(-c2ccc(NC(=O)c3ccccc3C)cc2)c(C)o1. The molecule has 0 spiro atoms. The standard InChI is InChI=1S/C19H18N2O2/c1-12-6-4-5-7-17(12)19(22)21-16-10-8-15(9-11-16)18-13(2)23-14(3)20-18/h4-11H,1-3H3,(H,21,22). The molecule has 0 aliphatic carbocycles. The number of nitrogens with zero attached hydrogens (tertiary/aromatic N) is 1. The Hall–Kier alpha value is -2.88. The Balaban J connectivity index is 1.79. The number of amides is 1. The quantitative estimate of drug-likeness (QED) is 0.774. The van der Waals surface area contributed by atoms with E-state index in [9.17, 15) is 4.79 Å². The highest BCUT2D eigenvalue weighted by Gasteiger charge is 2.11. The lowest BCUT2D eigenvalue weighted by atomic mass is 10.1. The van der Waals surface area contributed by atoms with Gasteiger partial charge in [-0.2, -0.15) is 0 Å². The fourth-order valence-electron chi connectivity index (χ4n) is 2.53. The third-order valence-corrected chi connectivity index (χ3v) is 3.71. The van der Waals surface area contributed by atoms with E-state index >= 15 is 0 Å². The molecule has 0 saturated carbocycles. The normalized spacial score (nSPS) is 10.6. The Morgan fingerprint density at radius 2 is 1.70 bits per heavy atom. The van der Waals surface area contributed by atoms with Crippen molar-refractivity contribution >= 4 is 11.6 Å². The van der Waals surface area contributed by atoms with E-state index in [0.29, 0.717) is 11.5 Å². The summed E-state index contributed by atoms with van der Waals surface area (Å²) in [5.74, 6) is 1.33. The fourth-order valence-corrected chi connectivity index (χ4v) is 2.53. The molecule has 0 bridgehead atoms. The van der Waals surface area contributed by atoms with Crippen molar-refractivity contribution < 1.29 is 9.21 Å². The van der Waals surface area contributed by atoms with Gasteiger partial charge in [-0.25, -0.2) is 4.98 Å². The van der Waals surface area contributed by atoms with Crippen LogP contribution in [0.5, 0.6) is 0 Å². The summed E-state index contributed by atoms with van der Waals surface area (Å²) >= 11 is 0. The first kappa shape index (κ1) is 15.0. The molecule has 0 saturated heterocycles. The molecule has 0 fully saturated rings. The number of rotatable bonds is 3. The van der Waals surface area contributed by atoms with Crippen LogP contribution >= 0.6 is 0 Å². The van der Waals surface area contributed by atoms with Crippen LogP contribution in [-0.2, 0) is 0 Å². The molecule has 3 aromatic rings. The van der Waals surface area contributed by atoms with E-state index in [1.807, 2.05) is 69.3 Å². The van der Waals surface area contributed by atoms with Crippen molar-refractivity contribution in [2.75, 3.05) is 5.32 Å². The largest absolute Gasteiger partial charge is 0.446 e. The van der Waals surface area contributed by atoms with Gasteiger partial charge in [0.1, 0.15) is 11.5 Å². The third kappa shape index (κ3) is 3.16. The highest BCUT2D eigenvalue weighted by Crippen LogP contribution is 2.24. The van der Waals surface area contributed by atoms with Crippen LogP contribution in [0.15, 0.2) is 52.9 Å². The van der Waals surface area contributed by atoms with Gasteiger partial charge in [0.15, 0.2) is 5.89 Å². The van der Waals surface area contributed by atoms with Gasteiger partial charge < -0.3 is 9.73 Å². The second kappa shape index (κ2) is 6.08. The molecule has 23 heavy (non-hydrogen) atoms. The minimum atomic E-state index is -0.107. The molecule has 0 aliphatic rings. The monoisotopic (exact) mass is 306 g/mol. The Morgan fingerprint density at radius 3 is 2.30 bits per heavy atom. The van der Waals surface area contributed by atoms with Gasteiger partial charge >= 0.3 is 0 Å². The molecule has 1 heterocycles. The van der Waals surface area contributed by atoms with Crippen LogP contribution in [0.3, 0.4) is 0 Å². The van der Waals surface area contributed by atoms with Crippen LogP contribution in [0.4, 0.5) is 5.69 Å². The van der Waals surface area contributed by atoms with Crippen molar-refractivity contribution in [2.24, 2.45) is 0 Å². The molecule has 1 aromatic heterocycles. The van der Waals surface area contributed by atoms with Gasteiger partial charge in [0.25, 0.3) is 5.91 Å². The zero-order valence-electron chi connectivity index (χ0n) is 13.4. The maximum atomic E-state index is 12.3. The lowest BCUT2D eigenvalue weighted by Crippen LogP contribution is -2.13. The number of aryl methyl sites for hydroxylation is 3. The number of oxazole rings is 1. The first-order valence-electron chi connectivity index (χ1n) is 7.46. The summed E-state index contributed by atoms with van der Waals surface area (Å²) < 4.78 is 5.45. The molecule has 1 amide bonds. The van der Waals surface area contributed by atoms with Gasteiger partial charge in [-0.05, 0) is 37.6 Å². The Morgan fingerprint density at radius 1 is 1.00 bits per heavy atom. The molecule has 0 radical (unpaired) electrons. The van der Waals surface area contributed by atoms with Gasteiger partial charge in [-0.15, -0.1) is 0 Å². The Kier molecular flexibility index (Phi) is 3.98. The number of aromatic nitrogens is 1. The van der Waals surface area contributed by atoms with E-state index in [1.165, 1.54) is 0 Å². The van der Waals surface area contributed by atoms with E-state index in [0.717, 1.165) is 28.3 Å². The lowest BCUT2D eigenvalue weighted by Gasteiger charge is -2.08. The molecular formula is C19H18N2O2. The average molecular weight is 306 g/mol. The van der Waals surface area contributed by atoms with Gasteiger partial charge in [-0.1, -0.05) is 30.3 Å². The molecule has 4 nitrogen and oxygen atoms in total. The molecular weight excluding hydrogens is 288 g/mol. The summed E-state index contributed by atoms with van der Waals surface area (Å²) in [7, 11) is 0. The number of nitrogens with one attached hydrogen (secondary N) is 1. The number of hydrogen-bond acceptors (Lipinski definition) is 3. The first-order valence-corrected chi connectivity index (χ1v) is 7.46. The maximum absolute atomic E-state index is 12.3. The van der Waals surface area contributed by atoms with Crippen LogP contribution in [-0.4, -0.2) is 10.9 Å². The van der Waals surface area contributed by atoms with Crippen molar-refractivity contribution in [1.82, 2.24) is 4.98 Å². The van der Waals surface area contributed by atoms with Crippen LogP contribution < -0.4 is 5.32 Å². The molecule has 0 aliphatic heterocycles. The molecule has 116 valence electrons. The van der Waals surface area contributed by atoms with E-state index < -0.39 is 0 Å². The predicted molar refractivity (Wildman–Crippen MR) is 90.5 cm³/mol. The molecule has 4 heteroatoms.